The van der Waals surface area contributed by atoms with Gasteiger partial charge >= 0.3 is 0 Å². The normalized spacial score (nSPS) is 13.5. The highest BCUT2D eigenvalue weighted by atomic mass is 15.2. The van der Waals surface area contributed by atoms with Crippen molar-refractivity contribution < 1.29 is 0 Å². The summed E-state index contributed by atoms with van der Waals surface area (Å²) >= 11 is 0. The van der Waals surface area contributed by atoms with Crippen LogP contribution in [-0.2, 0) is 5.41 Å². The van der Waals surface area contributed by atoms with Crippen LogP contribution in [0.2, 0.25) is 0 Å². The topological polar surface area (TPSA) is 11.4 Å². The summed E-state index contributed by atoms with van der Waals surface area (Å²) < 4.78 is 2.46. The van der Waals surface area contributed by atoms with Gasteiger partial charge in [0.25, 0.3) is 0 Å². The van der Waals surface area contributed by atoms with E-state index in [4.69, 9.17) is 0 Å². The van der Waals surface area contributed by atoms with Crippen molar-refractivity contribution in [2.24, 2.45) is 0 Å². The highest BCUT2D eigenvalue weighted by molar-refractivity contribution is 6.17. The molecule has 1 aliphatic heterocycles. The van der Waals surface area contributed by atoms with Crippen LogP contribution in [-0.4, -0.2) is 4.57 Å². The summed E-state index contributed by atoms with van der Waals surface area (Å²) in [5.74, 6) is 0. The van der Waals surface area contributed by atoms with Crippen molar-refractivity contribution in [3.05, 3.63) is 236 Å². The van der Waals surface area contributed by atoms with Crippen molar-refractivity contribution in [2.75, 3.05) is 9.80 Å². The molecule has 3 heteroatoms. The summed E-state index contributed by atoms with van der Waals surface area (Å²) in [5.41, 5.74) is 20.1. The molecule has 2 aliphatic rings. The van der Waals surface area contributed by atoms with Crippen molar-refractivity contribution in [3.8, 4) is 39.1 Å². The van der Waals surface area contributed by atoms with Crippen LogP contribution in [0.4, 0.5) is 34.1 Å². The monoisotopic (exact) mass is 817 g/mol. The second kappa shape index (κ2) is 13.9. The van der Waals surface area contributed by atoms with E-state index in [-0.39, 0.29) is 5.41 Å². The first-order valence-corrected chi connectivity index (χ1v) is 22.3. The molecule has 1 aromatic heterocycles. The highest BCUT2D eigenvalue weighted by Crippen LogP contribution is 2.52. The molecule has 2 heterocycles. The zero-order valence-electron chi connectivity index (χ0n) is 35.7. The van der Waals surface area contributed by atoms with E-state index < -0.39 is 0 Å². The van der Waals surface area contributed by atoms with E-state index in [1.54, 1.807) is 0 Å². The van der Waals surface area contributed by atoms with Crippen LogP contribution in [0.1, 0.15) is 25.0 Å². The van der Waals surface area contributed by atoms with E-state index >= 15 is 0 Å². The molecular weight excluding hydrogens is 775 g/mol. The molecule has 3 nitrogen and oxygen atoms in total. The molecule has 0 fully saturated rings. The smallest absolute Gasteiger partial charge is 0.0562 e. The third kappa shape index (κ3) is 5.47. The molecule has 64 heavy (non-hydrogen) atoms. The van der Waals surface area contributed by atoms with Crippen LogP contribution in [0.3, 0.4) is 0 Å². The molecule has 13 rings (SSSR count). The van der Waals surface area contributed by atoms with Gasteiger partial charge in [0.15, 0.2) is 0 Å². The fourth-order valence-electron chi connectivity index (χ4n) is 10.9. The maximum Gasteiger partial charge on any atom is 0.0562 e. The third-order valence-electron chi connectivity index (χ3n) is 13.8. The van der Waals surface area contributed by atoms with Gasteiger partial charge in [-0.2, -0.15) is 0 Å². The van der Waals surface area contributed by atoms with Crippen LogP contribution in [0, 0.1) is 0 Å². The number of hydrogen-bond acceptors (Lipinski definition) is 2. The van der Waals surface area contributed by atoms with Gasteiger partial charge in [-0.1, -0.05) is 153 Å². The molecule has 1 aliphatic carbocycles. The molecule has 302 valence electrons. The molecule has 0 unspecified atom stereocenters. The van der Waals surface area contributed by atoms with Gasteiger partial charge < -0.3 is 14.4 Å². The van der Waals surface area contributed by atoms with E-state index in [1.165, 1.54) is 60.5 Å². The number of fused-ring (bicyclic) bond motifs is 17. The summed E-state index contributed by atoms with van der Waals surface area (Å²) in [7, 11) is 0. The summed E-state index contributed by atoms with van der Waals surface area (Å²) in [6.45, 7) is 4.72. The van der Waals surface area contributed by atoms with Crippen LogP contribution < -0.4 is 9.80 Å². The Morgan fingerprint density at radius 2 is 0.812 bits per heavy atom. The molecule has 0 atom stereocenters. The third-order valence-corrected chi connectivity index (χ3v) is 13.8. The van der Waals surface area contributed by atoms with Crippen molar-refractivity contribution in [1.82, 2.24) is 4.57 Å². The Balaban J connectivity index is 1.03. The Bertz CT molecular complexity index is 3590. The summed E-state index contributed by atoms with van der Waals surface area (Å²) in [5, 5.41) is 4.88. The molecule has 0 radical (unpaired) electrons. The van der Waals surface area contributed by atoms with Crippen LogP contribution in [0.15, 0.2) is 224 Å². The second-order valence-electron chi connectivity index (χ2n) is 17.8. The minimum atomic E-state index is -0.115. The first-order valence-electron chi connectivity index (χ1n) is 22.3. The standard InChI is InChI=1S/C61H43N3/c1-61(2)54-28-7-5-26-51(54)52-34-33-49(39-55(52)61)62-45-21-9-17-41(35-45)43-19-11-23-47(37-43)63(48-24-12-20-44(38-48)42-18-10-22-46(62)36-42)58-31-14-32-59-60(58)53-27-6-8-29-57(53)64(59)56-30-13-16-40-15-3-4-25-50(40)56/h3-39H,1-2H3. The number of rotatable bonds is 3. The van der Waals surface area contributed by atoms with Crippen molar-refractivity contribution >= 4 is 66.7 Å². The Hall–Kier alpha value is -8.14. The number of benzene rings is 10. The minimum absolute atomic E-state index is 0.115. The Labute approximate surface area is 373 Å². The zero-order valence-corrected chi connectivity index (χ0v) is 35.7. The quantitative estimate of drug-likeness (QED) is 0.176. The lowest BCUT2D eigenvalue weighted by molar-refractivity contribution is 0.660. The van der Waals surface area contributed by atoms with E-state index in [2.05, 4.69) is 253 Å². The second-order valence-corrected chi connectivity index (χ2v) is 17.8. The van der Waals surface area contributed by atoms with Gasteiger partial charge in [0.05, 0.1) is 22.4 Å². The van der Waals surface area contributed by atoms with Gasteiger partial charge in [-0.15, -0.1) is 0 Å². The van der Waals surface area contributed by atoms with E-state index in [1.807, 2.05) is 0 Å². The largest absolute Gasteiger partial charge is 0.310 e. The van der Waals surface area contributed by atoms with Crippen molar-refractivity contribution in [3.63, 3.8) is 0 Å². The fraction of sp³-hybridized carbons (Fsp3) is 0.0492. The van der Waals surface area contributed by atoms with Gasteiger partial charge in [0.1, 0.15) is 0 Å². The SMILES string of the molecule is CC1(C)c2ccccc2-c2ccc(N3c4cccc(c4)-c4cccc(c4)N(c4cccc5c4c4ccccc4n5-c4cccc5ccccc45)c4cccc(c4)-c4cccc3c4)cc21. The summed E-state index contributed by atoms with van der Waals surface area (Å²) in [4.78, 5) is 4.90. The van der Waals surface area contributed by atoms with Crippen LogP contribution in [0.5, 0.6) is 0 Å². The fourth-order valence-corrected chi connectivity index (χ4v) is 10.9. The predicted octanol–water partition coefficient (Wildman–Crippen LogP) is 16.8. The van der Waals surface area contributed by atoms with Crippen molar-refractivity contribution in [2.45, 2.75) is 19.3 Å². The average molecular weight is 818 g/mol. The van der Waals surface area contributed by atoms with Gasteiger partial charge in [-0.25, -0.2) is 0 Å². The highest BCUT2D eigenvalue weighted by Gasteiger charge is 2.36. The minimum Gasteiger partial charge on any atom is -0.310 e. The summed E-state index contributed by atoms with van der Waals surface area (Å²) in [6.07, 6.45) is 0. The molecule has 0 saturated carbocycles. The van der Waals surface area contributed by atoms with E-state index in [9.17, 15) is 0 Å². The first kappa shape index (κ1) is 36.5. The molecular formula is C61H43N3. The molecule has 10 aromatic carbocycles. The van der Waals surface area contributed by atoms with Gasteiger partial charge in [-0.3, -0.25) is 0 Å². The molecule has 0 N–H and O–H groups in total. The maximum absolute atomic E-state index is 2.46. The van der Waals surface area contributed by atoms with Crippen LogP contribution in [0.25, 0.3) is 71.6 Å². The van der Waals surface area contributed by atoms with Gasteiger partial charge in [0.2, 0.25) is 0 Å². The molecule has 0 saturated heterocycles. The number of nitrogens with zero attached hydrogens (tertiary/aromatic N) is 3. The number of para-hydroxylation sites is 1. The lowest BCUT2D eigenvalue weighted by atomic mass is 9.82. The average Bonchev–Trinajstić information content (AvgIpc) is 3.80. The first-order chi connectivity index (χ1) is 31.5. The van der Waals surface area contributed by atoms with Gasteiger partial charge in [-0.05, 0) is 135 Å². The summed E-state index contributed by atoms with van der Waals surface area (Å²) in [6, 6.07) is 83.2. The van der Waals surface area contributed by atoms with E-state index in [0.717, 1.165) is 56.4 Å². The Morgan fingerprint density at radius 3 is 1.50 bits per heavy atom. The molecule has 8 bridgehead atoms. The lowest BCUT2D eigenvalue weighted by Crippen LogP contribution is -2.16. The maximum atomic E-state index is 2.46. The number of hydrogen-bond donors (Lipinski definition) is 0. The zero-order chi connectivity index (χ0) is 42.5. The van der Waals surface area contributed by atoms with Gasteiger partial charge in [0, 0.05) is 50.0 Å². The Kier molecular flexibility index (Phi) is 7.95. The Morgan fingerprint density at radius 1 is 0.328 bits per heavy atom. The molecule has 11 aromatic rings. The molecule has 0 spiro atoms. The van der Waals surface area contributed by atoms with Crippen LogP contribution >= 0.6 is 0 Å². The van der Waals surface area contributed by atoms with E-state index in [0.29, 0.717) is 0 Å². The number of anilines is 6. The lowest BCUT2D eigenvalue weighted by Gasteiger charge is -2.30. The number of aromatic nitrogens is 1. The molecule has 0 amide bonds. The predicted molar refractivity (Wildman–Crippen MR) is 270 cm³/mol. The van der Waals surface area contributed by atoms with Crippen molar-refractivity contribution in [1.29, 1.82) is 0 Å².